The third-order valence-corrected chi connectivity index (χ3v) is 4.67. The normalized spacial score (nSPS) is 20.7. The summed E-state index contributed by atoms with van der Waals surface area (Å²) >= 11 is 0. The fourth-order valence-electron chi connectivity index (χ4n) is 3.27. The van der Waals surface area contributed by atoms with Gasteiger partial charge in [0.05, 0.1) is 0 Å². The molecule has 0 aliphatic carbocycles. The molecule has 104 valence electrons. The van der Waals surface area contributed by atoms with Gasteiger partial charge in [0.1, 0.15) is 0 Å². The van der Waals surface area contributed by atoms with E-state index in [-0.39, 0.29) is 0 Å². The number of anilines is 2. The Kier molecular flexibility index (Phi) is 3.65. The van der Waals surface area contributed by atoms with Crippen LogP contribution in [0.5, 0.6) is 0 Å². The van der Waals surface area contributed by atoms with Crippen LogP contribution in [0.15, 0.2) is 18.2 Å². The van der Waals surface area contributed by atoms with Crippen molar-refractivity contribution in [2.24, 2.45) is 0 Å². The second kappa shape index (κ2) is 5.41. The molecule has 3 heteroatoms. The number of hydrogen-bond donors (Lipinski definition) is 1. The van der Waals surface area contributed by atoms with E-state index >= 15 is 0 Å². The molecule has 3 nitrogen and oxygen atoms in total. The minimum atomic E-state index is 0.700. The topological polar surface area (TPSA) is 18.5 Å². The van der Waals surface area contributed by atoms with Crippen LogP contribution in [-0.4, -0.2) is 44.7 Å². The number of fused-ring (bicyclic) bond motifs is 1. The minimum absolute atomic E-state index is 0.700. The summed E-state index contributed by atoms with van der Waals surface area (Å²) in [5.74, 6) is 0. The van der Waals surface area contributed by atoms with Gasteiger partial charge in [0.2, 0.25) is 0 Å². The highest BCUT2D eigenvalue weighted by Crippen LogP contribution is 2.29. The Hall–Kier alpha value is -1.22. The van der Waals surface area contributed by atoms with E-state index in [0.717, 1.165) is 6.54 Å². The largest absolute Gasteiger partial charge is 0.385 e. The number of likely N-dealkylation sites (tertiary alicyclic amines) is 1. The molecule has 3 rings (SSSR count). The first-order valence-corrected chi connectivity index (χ1v) is 7.52. The molecule has 0 radical (unpaired) electrons. The van der Waals surface area contributed by atoms with Crippen molar-refractivity contribution in [3.63, 3.8) is 0 Å². The first-order chi connectivity index (χ1) is 9.24. The SMILES string of the molecule is CN1CCC(N(C)c2ccc3c(c2)CCCN3)CC1. The molecule has 2 aliphatic heterocycles. The molecule has 0 saturated carbocycles. The van der Waals surface area contributed by atoms with Gasteiger partial charge < -0.3 is 15.1 Å². The van der Waals surface area contributed by atoms with Crippen LogP contribution in [-0.2, 0) is 6.42 Å². The molecule has 0 unspecified atom stereocenters. The van der Waals surface area contributed by atoms with E-state index in [2.05, 4.69) is 47.4 Å². The first-order valence-electron chi connectivity index (χ1n) is 7.52. The molecule has 0 aromatic heterocycles. The number of benzene rings is 1. The van der Waals surface area contributed by atoms with Crippen molar-refractivity contribution in [1.82, 2.24) is 4.90 Å². The van der Waals surface area contributed by atoms with Gasteiger partial charge in [0.15, 0.2) is 0 Å². The average Bonchev–Trinajstić information content (AvgIpc) is 2.47. The van der Waals surface area contributed by atoms with E-state index in [1.807, 2.05) is 0 Å². The number of nitrogens with one attached hydrogen (secondary N) is 1. The van der Waals surface area contributed by atoms with Gasteiger partial charge in [-0.2, -0.15) is 0 Å². The number of nitrogens with zero attached hydrogens (tertiary/aromatic N) is 2. The molecule has 1 N–H and O–H groups in total. The molecular formula is C16H25N3. The van der Waals surface area contributed by atoms with E-state index in [1.165, 1.54) is 55.7 Å². The van der Waals surface area contributed by atoms with Gasteiger partial charge in [0.25, 0.3) is 0 Å². The van der Waals surface area contributed by atoms with Gasteiger partial charge in [-0.15, -0.1) is 0 Å². The van der Waals surface area contributed by atoms with Crippen molar-refractivity contribution >= 4 is 11.4 Å². The molecule has 19 heavy (non-hydrogen) atoms. The number of aryl methyl sites for hydroxylation is 1. The van der Waals surface area contributed by atoms with Crippen LogP contribution < -0.4 is 10.2 Å². The van der Waals surface area contributed by atoms with E-state index in [4.69, 9.17) is 0 Å². The highest BCUT2D eigenvalue weighted by molar-refractivity contribution is 5.61. The molecule has 2 heterocycles. The predicted octanol–water partition coefficient (Wildman–Crippen LogP) is 2.58. The second-order valence-corrected chi connectivity index (χ2v) is 6.02. The Morgan fingerprint density at radius 3 is 2.84 bits per heavy atom. The number of rotatable bonds is 2. The number of piperidine rings is 1. The van der Waals surface area contributed by atoms with Gasteiger partial charge >= 0.3 is 0 Å². The van der Waals surface area contributed by atoms with Crippen LogP contribution >= 0.6 is 0 Å². The lowest BCUT2D eigenvalue weighted by Crippen LogP contribution is -2.42. The fraction of sp³-hybridized carbons (Fsp3) is 0.625. The van der Waals surface area contributed by atoms with Crippen molar-refractivity contribution in [2.75, 3.05) is 43.9 Å². The highest BCUT2D eigenvalue weighted by Gasteiger charge is 2.21. The monoisotopic (exact) mass is 259 g/mol. The van der Waals surface area contributed by atoms with Crippen molar-refractivity contribution in [3.05, 3.63) is 23.8 Å². The van der Waals surface area contributed by atoms with E-state index < -0.39 is 0 Å². The zero-order valence-electron chi connectivity index (χ0n) is 12.2. The summed E-state index contributed by atoms with van der Waals surface area (Å²) in [6, 6.07) is 7.62. The van der Waals surface area contributed by atoms with Crippen LogP contribution in [0, 0.1) is 0 Å². The van der Waals surface area contributed by atoms with E-state index in [9.17, 15) is 0 Å². The smallest absolute Gasteiger partial charge is 0.0374 e. The third-order valence-electron chi connectivity index (χ3n) is 4.67. The minimum Gasteiger partial charge on any atom is -0.385 e. The summed E-state index contributed by atoms with van der Waals surface area (Å²) < 4.78 is 0. The Morgan fingerprint density at radius 1 is 1.26 bits per heavy atom. The maximum Gasteiger partial charge on any atom is 0.0374 e. The summed E-state index contributed by atoms with van der Waals surface area (Å²) in [5.41, 5.74) is 4.22. The quantitative estimate of drug-likeness (QED) is 0.880. The Morgan fingerprint density at radius 2 is 2.05 bits per heavy atom. The van der Waals surface area contributed by atoms with Crippen molar-refractivity contribution < 1.29 is 0 Å². The maximum absolute atomic E-state index is 3.49. The lowest BCUT2D eigenvalue weighted by atomic mass is 10.00. The van der Waals surface area contributed by atoms with Gasteiger partial charge in [-0.3, -0.25) is 0 Å². The summed E-state index contributed by atoms with van der Waals surface area (Å²) in [6.07, 6.45) is 5.04. The lowest BCUT2D eigenvalue weighted by molar-refractivity contribution is 0.253. The zero-order chi connectivity index (χ0) is 13.2. The third kappa shape index (κ3) is 2.71. The van der Waals surface area contributed by atoms with Crippen LogP contribution in [0.1, 0.15) is 24.8 Å². The van der Waals surface area contributed by atoms with E-state index in [0.29, 0.717) is 6.04 Å². The van der Waals surface area contributed by atoms with Crippen LogP contribution in [0.2, 0.25) is 0 Å². The van der Waals surface area contributed by atoms with Gasteiger partial charge in [-0.1, -0.05) is 0 Å². The Balaban J connectivity index is 1.74. The second-order valence-electron chi connectivity index (χ2n) is 6.02. The fourth-order valence-corrected chi connectivity index (χ4v) is 3.27. The molecular weight excluding hydrogens is 234 g/mol. The zero-order valence-corrected chi connectivity index (χ0v) is 12.2. The van der Waals surface area contributed by atoms with Crippen molar-refractivity contribution in [2.45, 2.75) is 31.7 Å². The molecule has 2 aliphatic rings. The lowest BCUT2D eigenvalue weighted by Gasteiger charge is -2.36. The molecule has 0 spiro atoms. The summed E-state index contributed by atoms with van der Waals surface area (Å²) in [7, 11) is 4.48. The van der Waals surface area contributed by atoms with Gasteiger partial charge in [0, 0.05) is 31.0 Å². The van der Waals surface area contributed by atoms with Crippen molar-refractivity contribution in [3.8, 4) is 0 Å². The van der Waals surface area contributed by atoms with Crippen LogP contribution in [0.25, 0.3) is 0 Å². The summed E-state index contributed by atoms with van der Waals surface area (Å²) in [5, 5.41) is 3.49. The number of hydrogen-bond acceptors (Lipinski definition) is 3. The molecule has 1 saturated heterocycles. The maximum atomic E-state index is 3.49. The van der Waals surface area contributed by atoms with Crippen LogP contribution in [0.4, 0.5) is 11.4 Å². The first kappa shape index (κ1) is 12.8. The predicted molar refractivity (Wildman–Crippen MR) is 82.2 cm³/mol. The molecule has 1 fully saturated rings. The molecule has 1 aromatic rings. The Labute approximate surface area is 116 Å². The van der Waals surface area contributed by atoms with Gasteiger partial charge in [-0.25, -0.2) is 0 Å². The molecule has 0 atom stereocenters. The average molecular weight is 259 g/mol. The standard InChI is InChI=1S/C16H25N3/c1-18-10-7-14(8-11-18)19(2)15-5-6-16-13(12-15)4-3-9-17-16/h5-6,12,14,17H,3-4,7-11H2,1-2H3. The summed E-state index contributed by atoms with van der Waals surface area (Å²) in [6.45, 7) is 3.57. The molecule has 0 amide bonds. The van der Waals surface area contributed by atoms with Gasteiger partial charge in [-0.05, 0) is 69.6 Å². The van der Waals surface area contributed by atoms with E-state index in [1.54, 1.807) is 0 Å². The summed E-state index contributed by atoms with van der Waals surface area (Å²) in [4.78, 5) is 4.92. The Bertz CT molecular complexity index is 436. The van der Waals surface area contributed by atoms with Crippen molar-refractivity contribution in [1.29, 1.82) is 0 Å². The molecule has 1 aromatic carbocycles. The highest BCUT2D eigenvalue weighted by atomic mass is 15.2. The van der Waals surface area contributed by atoms with Crippen LogP contribution in [0.3, 0.4) is 0 Å². The molecule has 0 bridgehead atoms.